The van der Waals surface area contributed by atoms with Gasteiger partial charge in [0.05, 0.1) is 5.97 Å². The summed E-state index contributed by atoms with van der Waals surface area (Å²) in [5, 5.41) is 17.2. The smallest absolute Gasteiger partial charge is 0.545 e. The van der Waals surface area contributed by atoms with Crippen LogP contribution in [0.5, 0.6) is 0 Å². The van der Waals surface area contributed by atoms with Gasteiger partial charge in [0.1, 0.15) is 0 Å². The van der Waals surface area contributed by atoms with Gasteiger partial charge >= 0.3 is 35.5 Å². The maximum absolute atomic E-state index is 9.53. The van der Waals surface area contributed by atoms with Crippen LogP contribution in [0.4, 0.5) is 0 Å². The largest absolute Gasteiger partial charge is 1.00 e. The third-order valence-corrected chi connectivity index (χ3v) is 0.362. The number of rotatable bonds is 2. The number of hydrogen-bond donors (Lipinski definition) is 2. The number of hydrogen-bond acceptors (Lipinski definition) is 4. The Kier molecular flexibility index (Phi) is 14.1. The van der Waals surface area contributed by atoms with E-state index < -0.39 is 11.9 Å². The Morgan fingerprint density at radius 2 is 1.70 bits per heavy atom. The monoisotopic (exact) mass is 155 g/mol. The third kappa shape index (κ3) is 15.6. The van der Waals surface area contributed by atoms with E-state index in [2.05, 4.69) is 0 Å². The van der Waals surface area contributed by atoms with Crippen LogP contribution in [0.3, 0.4) is 0 Å². The first-order chi connectivity index (χ1) is 3.63. The summed E-state index contributed by atoms with van der Waals surface area (Å²) in [5.74, 6) is -2.80. The maximum Gasteiger partial charge on any atom is 1.00 e. The molecule has 0 bridgehead atoms. The number of carbonyl (C=O) groups excluding carboxylic acids is 1. The van der Waals surface area contributed by atoms with Crippen LogP contribution in [-0.2, 0) is 9.59 Å². The van der Waals surface area contributed by atoms with Crippen LogP contribution in [-0.4, -0.2) is 17.0 Å². The minimum absolute atomic E-state index is 0. The maximum atomic E-state index is 9.53. The van der Waals surface area contributed by atoms with Gasteiger partial charge in [0.2, 0.25) is 0 Å². The predicted octanol–water partition coefficient (Wildman–Crippen LogP) is -4.46. The Balaban J connectivity index is -0.000000245. The molecule has 0 saturated heterocycles. The van der Waals surface area contributed by atoms with Crippen molar-refractivity contribution in [3.05, 3.63) is 12.2 Å². The standard InChI is InChI=1S/C4H4O4.H3N.Na/c5-3(6)1-2-4(7)8;;/h1-2H,(H,5,6)(H,7,8);1H3;/q;;+1/p-1. The summed E-state index contributed by atoms with van der Waals surface area (Å²) in [5.41, 5.74) is 0. The molecule has 0 spiro atoms. The Labute approximate surface area is 79.6 Å². The molecule has 0 rings (SSSR count). The number of carbonyl (C=O) groups is 2. The SMILES string of the molecule is N.O=C([O-])C=CC(=O)O.[Na+]. The fraction of sp³-hybridized carbons (Fsp3) is 0. The molecule has 0 aromatic rings. The van der Waals surface area contributed by atoms with Gasteiger partial charge in [-0.25, -0.2) is 4.79 Å². The molecule has 4 N–H and O–H groups in total. The molecule has 0 unspecified atom stereocenters. The summed E-state index contributed by atoms with van der Waals surface area (Å²) in [6, 6.07) is 0. The summed E-state index contributed by atoms with van der Waals surface area (Å²) >= 11 is 0. The van der Waals surface area contributed by atoms with E-state index in [4.69, 9.17) is 5.11 Å². The number of aliphatic carboxylic acids is 2. The zero-order valence-corrected chi connectivity index (χ0v) is 7.53. The van der Waals surface area contributed by atoms with Crippen LogP contribution < -0.4 is 40.8 Å². The summed E-state index contributed by atoms with van der Waals surface area (Å²) in [6.45, 7) is 0. The van der Waals surface area contributed by atoms with Crippen LogP contribution in [0, 0.1) is 0 Å². The Hall–Kier alpha value is -0.360. The van der Waals surface area contributed by atoms with Gasteiger partial charge in [0.15, 0.2) is 0 Å². The fourth-order valence-corrected chi connectivity index (χ4v) is 0.139. The van der Waals surface area contributed by atoms with Crippen molar-refractivity contribution in [2.75, 3.05) is 0 Å². The van der Waals surface area contributed by atoms with Gasteiger partial charge < -0.3 is 21.2 Å². The van der Waals surface area contributed by atoms with Crippen molar-refractivity contribution >= 4 is 11.9 Å². The second-order valence-electron chi connectivity index (χ2n) is 0.991. The van der Waals surface area contributed by atoms with E-state index in [9.17, 15) is 14.7 Å². The van der Waals surface area contributed by atoms with Crippen LogP contribution in [0.15, 0.2) is 12.2 Å². The Bertz CT molecular complexity index is 128. The van der Waals surface area contributed by atoms with Gasteiger partial charge in [-0.1, -0.05) is 0 Å². The molecule has 0 atom stereocenters. The first-order valence-electron chi connectivity index (χ1n) is 1.75. The first-order valence-corrected chi connectivity index (χ1v) is 1.75. The van der Waals surface area contributed by atoms with E-state index in [0.29, 0.717) is 12.2 Å². The quantitative estimate of drug-likeness (QED) is 0.308. The third-order valence-electron chi connectivity index (χ3n) is 0.362. The van der Waals surface area contributed by atoms with E-state index in [-0.39, 0.29) is 35.7 Å². The van der Waals surface area contributed by atoms with Crippen molar-refractivity contribution in [2.45, 2.75) is 0 Å². The minimum atomic E-state index is -1.51. The number of carboxylic acids is 2. The molecule has 0 radical (unpaired) electrons. The molecule has 0 amide bonds. The molecule has 10 heavy (non-hydrogen) atoms. The van der Waals surface area contributed by atoms with E-state index in [1.54, 1.807) is 0 Å². The average molecular weight is 155 g/mol. The van der Waals surface area contributed by atoms with E-state index in [1.807, 2.05) is 0 Å². The molecule has 0 saturated carbocycles. The van der Waals surface area contributed by atoms with Crippen molar-refractivity contribution in [2.24, 2.45) is 0 Å². The molecule has 0 fully saturated rings. The molecular weight excluding hydrogens is 149 g/mol. The predicted molar refractivity (Wildman–Crippen MR) is 26.8 cm³/mol. The summed E-state index contributed by atoms with van der Waals surface area (Å²) in [6.07, 6.45) is 0.942. The van der Waals surface area contributed by atoms with Gasteiger partial charge in [-0.15, -0.1) is 0 Å². The van der Waals surface area contributed by atoms with Crippen LogP contribution in [0.25, 0.3) is 0 Å². The molecule has 0 aliphatic carbocycles. The molecule has 0 aromatic heterocycles. The molecule has 0 aliphatic rings. The Morgan fingerprint density at radius 3 is 1.80 bits per heavy atom. The van der Waals surface area contributed by atoms with Crippen LogP contribution in [0.1, 0.15) is 0 Å². The van der Waals surface area contributed by atoms with Crippen molar-refractivity contribution in [3.8, 4) is 0 Å². The molecule has 5 nitrogen and oxygen atoms in total. The molecule has 0 aliphatic heterocycles. The van der Waals surface area contributed by atoms with E-state index in [1.165, 1.54) is 0 Å². The second-order valence-corrected chi connectivity index (χ2v) is 0.991. The van der Waals surface area contributed by atoms with Crippen molar-refractivity contribution in [3.63, 3.8) is 0 Å². The first kappa shape index (κ1) is 16.3. The molecule has 6 heteroatoms. The van der Waals surface area contributed by atoms with Crippen LogP contribution >= 0.6 is 0 Å². The average Bonchev–Trinajstić information content (AvgIpc) is 1.61. The Morgan fingerprint density at radius 1 is 1.30 bits per heavy atom. The van der Waals surface area contributed by atoms with Gasteiger partial charge in [0, 0.05) is 6.08 Å². The van der Waals surface area contributed by atoms with Gasteiger partial charge in [-0.2, -0.15) is 0 Å². The van der Waals surface area contributed by atoms with Crippen LogP contribution in [0.2, 0.25) is 0 Å². The zero-order chi connectivity index (χ0) is 6.57. The number of carboxylic acid groups (broad SMARTS) is 2. The van der Waals surface area contributed by atoms with Crippen molar-refractivity contribution in [1.29, 1.82) is 0 Å². The molecule has 52 valence electrons. The fourth-order valence-electron chi connectivity index (χ4n) is 0.139. The molecule has 0 aromatic carbocycles. The molecule has 0 heterocycles. The normalized spacial score (nSPS) is 7.60. The van der Waals surface area contributed by atoms with E-state index in [0.717, 1.165) is 0 Å². The summed E-state index contributed by atoms with van der Waals surface area (Å²) < 4.78 is 0. The van der Waals surface area contributed by atoms with Crippen molar-refractivity contribution in [1.82, 2.24) is 6.15 Å². The minimum Gasteiger partial charge on any atom is -0.545 e. The van der Waals surface area contributed by atoms with Gasteiger partial charge in [0.25, 0.3) is 0 Å². The van der Waals surface area contributed by atoms with Gasteiger partial charge in [-0.05, 0) is 6.08 Å². The van der Waals surface area contributed by atoms with Gasteiger partial charge in [-0.3, -0.25) is 0 Å². The topological polar surface area (TPSA) is 112 Å². The second kappa shape index (κ2) is 8.64. The summed E-state index contributed by atoms with van der Waals surface area (Å²) in [4.78, 5) is 19.0. The molecular formula is C4H6NNaO4. The van der Waals surface area contributed by atoms with E-state index >= 15 is 0 Å². The van der Waals surface area contributed by atoms with Crippen molar-refractivity contribution < 1.29 is 49.4 Å². The summed E-state index contributed by atoms with van der Waals surface area (Å²) in [7, 11) is 0. The zero-order valence-electron chi connectivity index (χ0n) is 5.53.